The molecule has 1 saturated heterocycles. The zero-order chi connectivity index (χ0) is 10.4. The molecule has 0 spiro atoms. The number of hydrogen-bond donors (Lipinski definition) is 0. The van der Waals surface area contributed by atoms with E-state index in [4.69, 9.17) is 23.8 Å². The highest BCUT2D eigenvalue weighted by atomic mass is 35.5. The molecule has 0 N–H and O–H groups in total. The third-order valence-electron chi connectivity index (χ3n) is 2.05. The minimum atomic E-state index is 0.160. The van der Waals surface area contributed by atoms with Gasteiger partial charge < -0.3 is 0 Å². The number of hydrogen-bond acceptors (Lipinski definition) is 3. The van der Waals surface area contributed by atoms with Gasteiger partial charge in [0.15, 0.2) is 0 Å². The number of unbranched alkanes of at least 4 members (excludes halogenated alkanes) is 1. The fourth-order valence-corrected chi connectivity index (χ4v) is 2.71. The molecule has 0 aromatic rings. The van der Waals surface area contributed by atoms with Gasteiger partial charge in [-0.2, -0.15) is 0 Å². The standard InChI is InChI=1S/C9H14ClNOS2/c10-5-2-1-4-8(12)11-6-3-7-14-9(11)13/h1-7H2. The van der Waals surface area contributed by atoms with Gasteiger partial charge in [0.05, 0.1) is 0 Å². The normalized spacial score (nSPS) is 17.2. The van der Waals surface area contributed by atoms with Gasteiger partial charge in [-0.3, -0.25) is 9.69 Å². The number of thiocarbonyl (C=S) groups is 1. The summed E-state index contributed by atoms with van der Waals surface area (Å²) in [5.74, 6) is 1.84. The number of alkyl halides is 1. The monoisotopic (exact) mass is 251 g/mol. The molecule has 0 aliphatic carbocycles. The van der Waals surface area contributed by atoms with Crippen LogP contribution in [0.2, 0.25) is 0 Å². The predicted octanol–water partition coefficient (Wildman–Crippen LogP) is 2.65. The van der Waals surface area contributed by atoms with Gasteiger partial charge in [-0.25, -0.2) is 0 Å². The van der Waals surface area contributed by atoms with Gasteiger partial charge in [0.2, 0.25) is 5.91 Å². The first-order valence-electron chi connectivity index (χ1n) is 4.79. The Kier molecular flexibility index (Phi) is 5.82. The van der Waals surface area contributed by atoms with Crippen molar-refractivity contribution < 1.29 is 4.79 Å². The van der Waals surface area contributed by atoms with E-state index in [2.05, 4.69) is 0 Å². The van der Waals surface area contributed by atoms with E-state index in [9.17, 15) is 4.79 Å². The molecule has 0 saturated carbocycles. The van der Waals surface area contributed by atoms with Crippen molar-refractivity contribution in [2.75, 3.05) is 18.2 Å². The smallest absolute Gasteiger partial charge is 0.228 e. The Morgan fingerprint density at radius 2 is 2.36 bits per heavy atom. The second-order valence-electron chi connectivity index (χ2n) is 3.16. The van der Waals surface area contributed by atoms with E-state index >= 15 is 0 Å². The Hall–Kier alpha value is 0.200. The lowest BCUT2D eigenvalue weighted by atomic mass is 10.2. The van der Waals surface area contributed by atoms with E-state index < -0.39 is 0 Å². The second kappa shape index (κ2) is 6.64. The summed E-state index contributed by atoms with van der Waals surface area (Å²) in [6, 6.07) is 0. The summed E-state index contributed by atoms with van der Waals surface area (Å²) in [5.41, 5.74) is 0. The van der Waals surface area contributed by atoms with Crippen molar-refractivity contribution in [3.8, 4) is 0 Å². The molecule has 5 heteroatoms. The van der Waals surface area contributed by atoms with Gasteiger partial charge in [-0.1, -0.05) is 24.0 Å². The Morgan fingerprint density at radius 1 is 1.57 bits per heavy atom. The van der Waals surface area contributed by atoms with Crippen molar-refractivity contribution in [1.29, 1.82) is 0 Å². The number of carbonyl (C=O) groups excluding carboxylic acids is 1. The quantitative estimate of drug-likeness (QED) is 0.435. The van der Waals surface area contributed by atoms with E-state index in [1.165, 1.54) is 0 Å². The van der Waals surface area contributed by atoms with E-state index in [1.54, 1.807) is 16.7 Å². The van der Waals surface area contributed by atoms with E-state index in [0.717, 1.165) is 35.9 Å². The van der Waals surface area contributed by atoms with Crippen molar-refractivity contribution in [1.82, 2.24) is 4.90 Å². The van der Waals surface area contributed by atoms with Crippen molar-refractivity contribution in [2.45, 2.75) is 25.7 Å². The summed E-state index contributed by atoms with van der Waals surface area (Å²) in [7, 11) is 0. The Labute approximate surface area is 99.4 Å². The molecule has 0 atom stereocenters. The number of thioether (sulfide) groups is 1. The van der Waals surface area contributed by atoms with Crippen LogP contribution in [0, 0.1) is 0 Å². The molecule has 1 aliphatic rings. The summed E-state index contributed by atoms with van der Waals surface area (Å²) in [6.45, 7) is 0.797. The zero-order valence-electron chi connectivity index (χ0n) is 8.00. The summed E-state index contributed by atoms with van der Waals surface area (Å²) >= 11 is 12.3. The average molecular weight is 252 g/mol. The number of rotatable bonds is 4. The molecule has 80 valence electrons. The van der Waals surface area contributed by atoms with E-state index in [1.807, 2.05) is 0 Å². The van der Waals surface area contributed by atoms with Crippen LogP contribution in [0.15, 0.2) is 0 Å². The van der Waals surface area contributed by atoms with Crippen LogP contribution in [0.4, 0.5) is 0 Å². The first-order valence-corrected chi connectivity index (χ1v) is 6.71. The number of nitrogens with zero attached hydrogens (tertiary/aromatic N) is 1. The van der Waals surface area contributed by atoms with Crippen LogP contribution in [-0.2, 0) is 4.79 Å². The van der Waals surface area contributed by atoms with Crippen LogP contribution < -0.4 is 0 Å². The van der Waals surface area contributed by atoms with Crippen LogP contribution in [-0.4, -0.2) is 33.3 Å². The molecule has 1 fully saturated rings. The van der Waals surface area contributed by atoms with Crippen LogP contribution >= 0.6 is 35.6 Å². The Morgan fingerprint density at radius 3 is 3.00 bits per heavy atom. The lowest BCUT2D eigenvalue weighted by molar-refractivity contribution is -0.127. The number of halogens is 1. The van der Waals surface area contributed by atoms with Gasteiger partial charge in [-0.05, 0) is 19.3 Å². The van der Waals surface area contributed by atoms with Crippen LogP contribution in [0.1, 0.15) is 25.7 Å². The minimum Gasteiger partial charge on any atom is -0.298 e. The van der Waals surface area contributed by atoms with Gasteiger partial charge in [0.1, 0.15) is 4.32 Å². The van der Waals surface area contributed by atoms with Gasteiger partial charge in [0, 0.05) is 24.6 Å². The van der Waals surface area contributed by atoms with Gasteiger partial charge >= 0.3 is 0 Å². The Bertz CT molecular complexity index is 223. The van der Waals surface area contributed by atoms with Crippen molar-refractivity contribution in [2.24, 2.45) is 0 Å². The fraction of sp³-hybridized carbons (Fsp3) is 0.778. The predicted molar refractivity (Wildman–Crippen MR) is 66.0 cm³/mol. The molecule has 1 amide bonds. The molecule has 1 heterocycles. The lowest BCUT2D eigenvalue weighted by Gasteiger charge is -2.26. The molecular weight excluding hydrogens is 238 g/mol. The van der Waals surface area contributed by atoms with Crippen molar-refractivity contribution >= 4 is 45.8 Å². The van der Waals surface area contributed by atoms with Crippen molar-refractivity contribution in [3.05, 3.63) is 0 Å². The number of amides is 1. The topological polar surface area (TPSA) is 20.3 Å². The van der Waals surface area contributed by atoms with Crippen LogP contribution in [0.5, 0.6) is 0 Å². The maximum Gasteiger partial charge on any atom is 0.228 e. The average Bonchev–Trinajstić information content (AvgIpc) is 2.18. The minimum absolute atomic E-state index is 0.160. The largest absolute Gasteiger partial charge is 0.298 e. The summed E-state index contributed by atoms with van der Waals surface area (Å²) in [5, 5.41) is 0. The molecule has 0 bridgehead atoms. The highest BCUT2D eigenvalue weighted by Crippen LogP contribution is 2.18. The van der Waals surface area contributed by atoms with E-state index in [0.29, 0.717) is 12.3 Å². The van der Waals surface area contributed by atoms with Crippen LogP contribution in [0.3, 0.4) is 0 Å². The first kappa shape index (κ1) is 12.3. The molecule has 0 radical (unpaired) electrons. The van der Waals surface area contributed by atoms with E-state index in [-0.39, 0.29) is 5.91 Å². The molecule has 0 aromatic heterocycles. The van der Waals surface area contributed by atoms with Crippen molar-refractivity contribution in [3.63, 3.8) is 0 Å². The molecule has 0 aromatic carbocycles. The van der Waals surface area contributed by atoms with Crippen LogP contribution in [0.25, 0.3) is 0 Å². The molecular formula is C9H14ClNOS2. The number of carbonyl (C=O) groups is 1. The highest BCUT2D eigenvalue weighted by Gasteiger charge is 2.21. The highest BCUT2D eigenvalue weighted by molar-refractivity contribution is 8.23. The van der Waals surface area contributed by atoms with Gasteiger partial charge in [-0.15, -0.1) is 11.6 Å². The molecule has 2 nitrogen and oxygen atoms in total. The zero-order valence-corrected chi connectivity index (χ0v) is 10.4. The maximum absolute atomic E-state index is 11.7. The summed E-state index contributed by atoms with van der Waals surface area (Å²) < 4.78 is 0.743. The molecule has 14 heavy (non-hydrogen) atoms. The SMILES string of the molecule is O=C(CCCCCl)N1CCCSC1=S. The summed E-state index contributed by atoms with van der Waals surface area (Å²) in [6.07, 6.45) is 3.40. The molecule has 1 rings (SSSR count). The van der Waals surface area contributed by atoms with Gasteiger partial charge in [0.25, 0.3) is 0 Å². The second-order valence-corrected chi connectivity index (χ2v) is 5.27. The third kappa shape index (κ3) is 3.75. The fourth-order valence-electron chi connectivity index (χ4n) is 1.28. The lowest BCUT2D eigenvalue weighted by Crippen LogP contribution is -2.37. The molecule has 1 aliphatic heterocycles. The maximum atomic E-state index is 11.7. The summed E-state index contributed by atoms with van der Waals surface area (Å²) in [4.78, 5) is 13.4. The molecule has 0 unspecified atom stereocenters. The third-order valence-corrected chi connectivity index (χ3v) is 3.85. The Balaban J connectivity index is 2.31. The first-order chi connectivity index (χ1) is 6.75.